The number of piperidine rings is 1. The third kappa shape index (κ3) is 5.98. The minimum atomic E-state index is -0.252. The Hall–Kier alpha value is -2.21. The summed E-state index contributed by atoms with van der Waals surface area (Å²) in [5.41, 5.74) is 2.14. The molecule has 1 heterocycles. The van der Waals surface area contributed by atoms with Crippen LogP contribution in [0.2, 0.25) is 0 Å². The molecule has 0 atom stereocenters. The van der Waals surface area contributed by atoms with Gasteiger partial charge in [0.2, 0.25) is 5.91 Å². The van der Waals surface area contributed by atoms with Gasteiger partial charge in [0.25, 0.3) is 0 Å². The molecule has 0 aromatic heterocycles. The van der Waals surface area contributed by atoms with Crippen LogP contribution in [0, 0.1) is 12.8 Å². The molecule has 1 N–H and O–H groups in total. The number of carbonyl (C=O) groups is 2. The van der Waals surface area contributed by atoms with Gasteiger partial charge >= 0.3 is 5.97 Å². The van der Waals surface area contributed by atoms with Crippen molar-refractivity contribution in [1.29, 1.82) is 0 Å². The number of hydrogen-bond donors (Lipinski definition) is 1. The standard InChI is InChI=1S/C19H24N2O3S/c1-3-24-18(23)16-10-12-21(13-11-16)19(25)20-17(22)9-8-15-6-4-14(2)5-7-15/h4-9,16H,3,10-13H2,1-2H3,(H,20,22,25)/b9-8+. The summed E-state index contributed by atoms with van der Waals surface area (Å²) in [5, 5.41) is 3.12. The van der Waals surface area contributed by atoms with Gasteiger partial charge in [-0.1, -0.05) is 29.8 Å². The fourth-order valence-electron chi connectivity index (χ4n) is 2.65. The maximum Gasteiger partial charge on any atom is 0.309 e. The highest BCUT2D eigenvalue weighted by Gasteiger charge is 2.27. The number of ether oxygens (including phenoxy) is 1. The van der Waals surface area contributed by atoms with E-state index in [0.717, 1.165) is 5.56 Å². The van der Waals surface area contributed by atoms with Gasteiger partial charge in [0, 0.05) is 19.2 Å². The lowest BCUT2D eigenvalue weighted by atomic mass is 9.97. The average Bonchev–Trinajstić information content (AvgIpc) is 2.61. The number of likely N-dealkylation sites (tertiary alicyclic amines) is 1. The molecule has 5 nitrogen and oxygen atoms in total. The zero-order valence-electron chi connectivity index (χ0n) is 14.7. The molecule has 6 heteroatoms. The van der Waals surface area contributed by atoms with Crippen LogP contribution >= 0.6 is 12.2 Å². The van der Waals surface area contributed by atoms with Crippen molar-refractivity contribution < 1.29 is 14.3 Å². The Morgan fingerprint density at radius 2 is 1.92 bits per heavy atom. The molecule has 1 saturated heterocycles. The molecule has 1 aromatic carbocycles. The number of rotatable bonds is 4. The van der Waals surface area contributed by atoms with Crippen molar-refractivity contribution in [3.8, 4) is 0 Å². The Morgan fingerprint density at radius 3 is 2.52 bits per heavy atom. The van der Waals surface area contributed by atoms with Gasteiger partial charge in [-0.05, 0) is 50.5 Å². The van der Waals surface area contributed by atoms with Gasteiger partial charge in [0.1, 0.15) is 0 Å². The van der Waals surface area contributed by atoms with Gasteiger partial charge in [0.05, 0.1) is 12.5 Å². The third-order valence-electron chi connectivity index (χ3n) is 4.14. The smallest absolute Gasteiger partial charge is 0.309 e. The second-order valence-electron chi connectivity index (χ2n) is 6.05. The fraction of sp³-hybridized carbons (Fsp3) is 0.421. The van der Waals surface area contributed by atoms with E-state index in [1.54, 1.807) is 6.08 Å². The second kappa shape index (κ2) is 9.32. The molecule has 1 aliphatic rings. The topological polar surface area (TPSA) is 58.6 Å². The van der Waals surface area contributed by atoms with E-state index in [0.29, 0.717) is 37.7 Å². The maximum absolute atomic E-state index is 12.0. The molecule has 0 aliphatic carbocycles. The first-order valence-electron chi connectivity index (χ1n) is 8.51. The molecule has 1 amide bonds. The SMILES string of the molecule is CCOC(=O)C1CCN(C(=S)NC(=O)/C=C/c2ccc(C)cc2)CC1. The zero-order valence-corrected chi connectivity index (χ0v) is 15.5. The molecule has 0 unspecified atom stereocenters. The largest absolute Gasteiger partial charge is 0.466 e. The van der Waals surface area contributed by atoms with Gasteiger partial charge in [-0.25, -0.2) is 0 Å². The highest BCUT2D eigenvalue weighted by Crippen LogP contribution is 2.18. The molecule has 0 bridgehead atoms. The van der Waals surface area contributed by atoms with Crippen molar-refractivity contribution in [3.63, 3.8) is 0 Å². The van der Waals surface area contributed by atoms with Crippen molar-refractivity contribution in [1.82, 2.24) is 10.2 Å². The van der Waals surface area contributed by atoms with E-state index in [2.05, 4.69) is 5.32 Å². The highest BCUT2D eigenvalue weighted by molar-refractivity contribution is 7.80. The summed E-state index contributed by atoms with van der Waals surface area (Å²) in [6, 6.07) is 7.90. The van der Waals surface area contributed by atoms with Crippen LogP contribution < -0.4 is 5.32 Å². The Balaban J connectivity index is 1.79. The minimum Gasteiger partial charge on any atom is -0.466 e. The van der Waals surface area contributed by atoms with Gasteiger partial charge in [-0.15, -0.1) is 0 Å². The summed E-state index contributed by atoms with van der Waals surface area (Å²) in [6.07, 6.45) is 4.61. The predicted molar refractivity (Wildman–Crippen MR) is 102 cm³/mol. The zero-order chi connectivity index (χ0) is 18.2. The van der Waals surface area contributed by atoms with Crippen LogP contribution in [0.15, 0.2) is 30.3 Å². The van der Waals surface area contributed by atoms with Crippen molar-refractivity contribution >= 4 is 35.3 Å². The van der Waals surface area contributed by atoms with E-state index >= 15 is 0 Å². The van der Waals surface area contributed by atoms with E-state index in [1.807, 2.05) is 43.0 Å². The number of hydrogen-bond acceptors (Lipinski definition) is 4. The molecule has 134 valence electrons. The maximum atomic E-state index is 12.0. The van der Waals surface area contributed by atoms with Crippen LogP contribution in [0.25, 0.3) is 6.08 Å². The molecule has 1 fully saturated rings. The number of nitrogens with zero attached hydrogens (tertiary/aromatic N) is 1. The number of nitrogens with one attached hydrogen (secondary N) is 1. The molecule has 0 radical (unpaired) electrons. The van der Waals surface area contributed by atoms with Crippen LogP contribution in [0.5, 0.6) is 0 Å². The molecular weight excluding hydrogens is 336 g/mol. The first-order valence-corrected chi connectivity index (χ1v) is 8.91. The Morgan fingerprint density at radius 1 is 1.28 bits per heavy atom. The summed E-state index contributed by atoms with van der Waals surface area (Å²) in [6.45, 7) is 5.51. The van der Waals surface area contributed by atoms with Gasteiger partial charge in [-0.3, -0.25) is 14.9 Å². The molecule has 1 aromatic rings. The van der Waals surface area contributed by atoms with E-state index in [1.165, 1.54) is 11.6 Å². The average molecular weight is 360 g/mol. The lowest BCUT2D eigenvalue weighted by molar-refractivity contribution is -0.149. The summed E-state index contributed by atoms with van der Waals surface area (Å²) in [7, 11) is 0. The predicted octanol–water partition coefficient (Wildman–Crippen LogP) is 2.68. The Bertz CT molecular complexity index is 647. The van der Waals surface area contributed by atoms with Crippen molar-refractivity contribution in [2.24, 2.45) is 5.92 Å². The first kappa shape index (κ1) is 19.1. The normalized spacial score (nSPS) is 15.2. The van der Waals surface area contributed by atoms with E-state index in [4.69, 9.17) is 17.0 Å². The van der Waals surface area contributed by atoms with E-state index in [-0.39, 0.29) is 17.8 Å². The molecule has 25 heavy (non-hydrogen) atoms. The van der Waals surface area contributed by atoms with Crippen LogP contribution in [-0.4, -0.2) is 41.6 Å². The van der Waals surface area contributed by atoms with Crippen molar-refractivity contribution in [3.05, 3.63) is 41.5 Å². The van der Waals surface area contributed by atoms with Gasteiger partial charge in [0.15, 0.2) is 5.11 Å². The van der Waals surface area contributed by atoms with Gasteiger partial charge < -0.3 is 9.64 Å². The third-order valence-corrected chi connectivity index (χ3v) is 4.50. The lowest BCUT2D eigenvalue weighted by Crippen LogP contribution is -2.46. The van der Waals surface area contributed by atoms with Crippen LogP contribution in [0.4, 0.5) is 0 Å². The molecule has 0 saturated carbocycles. The Kier molecular flexibility index (Phi) is 7.13. The second-order valence-corrected chi connectivity index (χ2v) is 6.44. The monoisotopic (exact) mass is 360 g/mol. The van der Waals surface area contributed by atoms with Crippen molar-refractivity contribution in [2.75, 3.05) is 19.7 Å². The number of carbonyl (C=O) groups excluding carboxylic acids is 2. The number of thiocarbonyl (C=S) groups is 1. The summed E-state index contributed by atoms with van der Waals surface area (Å²) >= 11 is 5.30. The van der Waals surface area contributed by atoms with Crippen molar-refractivity contribution in [2.45, 2.75) is 26.7 Å². The summed E-state index contributed by atoms with van der Waals surface area (Å²) < 4.78 is 5.05. The number of esters is 1. The Labute approximate surface area is 154 Å². The van der Waals surface area contributed by atoms with Gasteiger partial charge in [-0.2, -0.15) is 0 Å². The highest BCUT2D eigenvalue weighted by atomic mass is 32.1. The number of aryl methyl sites for hydroxylation is 1. The quantitative estimate of drug-likeness (QED) is 0.508. The van der Waals surface area contributed by atoms with E-state index < -0.39 is 0 Å². The summed E-state index contributed by atoms with van der Waals surface area (Å²) in [5.74, 6) is -0.465. The molecule has 2 rings (SSSR count). The number of amides is 1. The lowest BCUT2D eigenvalue weighted by Gasteiger charge is -2.32. The van der Waals surface area contributed by atoms with Crippen LogP contribution in [-0.2, 0) is 14.3 Å². The first-order chi connectivity index (χ1) is 12.0. The molecular formula is C19H24N2O3S. The van der Waals surface area contributed by atoms with E-state index in [9.17, 15) is 9.59 Å². The fourth-order valence-corrected chi connectivity index (χ4v) is 2.94. The van der Waals surface area contributed by atoms with Crippen LogP contribution in [0.1, 0.15) is 30.9 Å². The molecule has 1 aliphatic heterocycles. The summed E-state index contributed by atoms with van der Waals surface area (Å²) in [4.78, 5) is 25.7. The van der Waals surface area contributed by atoms with Crippen LogP contribution in [0.3, 0.4) is 0 Å². The minimum absolute atomic E-state index is 0.0730. The number of benzene rings is 1. The molecule has 0 spiro atoms.